The van der Waals surface area contributed by atoms with Gasteiger partial charge < -0.3 is 15.1 Å². The van der Waals surface area contributed by atoms with Crippen LogP contribution in [-0.4, -0.2) is 45.7 Å². The molecule has 1 aromatic rings. The molecule has 0 radical (unpaired) electrons. The Labute approximate surface area is 161 Å². The smallest absolute Gasteiger partial charge is 0.303 e. The number of carboxylic acids is 1. The van der Waals surface area contributed by atoms with E-state index in [0.29, 0.717) is 32.2 Å². The summed E-state index contributed by atoms with van der Waals surface area (Å²) in [6.07, 6.45) is 11.4. The Morgan fingerprint density at radius 2 is 2.04 bits per heavy atom. The van der Waals surface area contributed by atoms with Crippen LogP contribution in [0.2, 0.25) is 0 Å². The molecule has 0 spiro atoms. The molecule has 1 amide bonds. The average Bonchev–Trinajstić information content (AvgIpc) is 2.65. The van der Waals surface area contributed by atoms with Crippen molar-refractivity contribution in [3.63, 3.8) is 0 Å². The average molecular weight is 371 g/mol. The first-order valence-electron chi connectivity index (χ1n) is 9.63. The fourth-order valence-electron chi connectivity index (χ4n) is 3.24. The van der Waals surface area contributed by atoms with Crippen molar-refractivity contribution in [1.29, 1.82) is 0 Å². The van der Waals surface area contributed by atoms with E-state index in [1.54, 1.807) is 6.08 Å². The number of allylic oxidation sites excluding steroid dienone is 1. The largest absolute Gasteiger partial charge is 0.481 e. The molecule has 5 heteroatoms. The molecule has 1 saturated heterocycles. The van der Waals surface area contributed by atoms with Crippen LogP contribution in [0.4, 0.5) is 0 Å². The minimum atomic E-state index is -0.783. The Morgan fingerprint density at radius 1 is 1.26 bits per heavy atom. The summed E-state index contributed by atoms with van der Waals surface area (Å²) in [4.78, 5) is 24.6. The van der Waals surface area contributed by atoms with Crippen molar-refractivity contribution in [1.82, 2.24) is 4.90 Å². The number of aliphatic hydroxyl groups excluding tert-OH is 1. The highest BCUT2D eigenvalue weighted by Crippen LogP contribution is 2.20. The molecule has 146 valence electrons. The fourth-order valence-corrected chi connectivity index (χ4v) is 3.24. The van der Waals surface area contributed by atoms with Gasteiger partial charge in [0.1, 0.15) is 0 Å². The summed E-state index contributed by atoms with van der Waals surface area (Å²) in [5.74, 6) is -0.655. The van der Waals surface area contributed by atoms with Crippen LogP contribution >= 0.6 is 0 Å². The van der Waals surface area contributed by atoms with E-state index in [1.807, 2.05) is 53.5 Å². The Balaban J connectivity index is 1.85. The third-order valence-electron chi connectivity index (χ3n) is 4.68. The van der Waals surface area contributed by atoms with Gasteiger partial charge in [-0.3, -0.25) is 9.59 Å². The van der Waals surface area contributed by atoms with Crippen LogP contribution in [0.15, 0.2) is 54.6 Å². The maximum absolute atomic E-state index is 12.3. The quantitative estimate of drug-likeness (QED) is 0.488. The first-order chi connectivity index (χ1) is 13.1. The van der Waals surface area contributed by atoms with Crippen molar-refractivity contribution in [3.8, 4) is 0 Å². The molecule has 0 saturated carbocycles. The van der Waals surface area contributed by atoms with Crippen LogP contribution in [-0.2, 0) is 16.0 Å². The van der Waals surface area contributed by atoms with E-state index in [1.165, 1.54) is 0 Å². The van der Waals surface area contributed by atoms with Crippen molar-refractivity contribution >= 4 is 11.9 Å². The standard InChI is InChI=1S/C22H29NO4/c24-20(17-18-9-4-3-5-10-18)15-14-19-11-8-12-21(25)23(19)16-7-2-1-6-13-22(26)27/h2-5,7,9-10,14-15,19-20,24H,1,6,8,11-13,16-17H2,(H,26,27)/b7-2+,15-14+. The summed E-state index contributed by atoms with van der Waals surface area (Å²) in [6.45, 7) is 0.524. The summed E-state index contributed by atoms with van der Waals surface area (Å²) in [5.41, 5.74) is 1.08. The van der Waals surface area contributed by atoms with Crippen molar-refractivity contribution in [3.05, 3.63) is 60.2 Å². The predicted octanol–water partition coefficient (Wildman–Crippen LogP) is 3.34. The van der Waals surface area contributed by atoms with Crippen LogP contribution in [0.5, 0.6) is 0 Å². The first-order valence-corrected chi connectivity index (χ1v) is 9.63. The van der Waals surface area contributed by atoms with Crippen LogP contribution in [0.3, 0.4) is 0 Å². The topological polar surface area (TPSA) is 77.8 Å². The van der Waals surface area contributed by atoms with Gasteiger partial charge in [0.05, 0.1) is 12.1 Å². The lowest BCUT2D eigenvalue weighted by Gasteiger charge is -2.33. The van der Waals surface area contributed by atoms with Gasteiger partial charge >= 0.3 is 5.97 Å². The van der Waals surface area contributed by atoms with Crippen molar-refractivity contribution in [2.75, 3.05) is 6.54 Å². The van der Waals surface area contributed by atoms with Crippen LogP contribution in [0.25, 0.3) is 0 Å². The third kappa shape index (κ3) is 7.79. The molecular formula is C22H29NO4. The number of hydrogen-bond donors (Lipinski definition) is 2. The number of aliphatic carboxylic acids is 1. The van der Waals surface area contributed by atoms with Crippen molar-refractivity contribution in [2.45, 2.75) is 57.1 Å². The molecule has 1 heterocycles. The molecule has 2 N–H and O–H groups in total. The Kier molecular flexibility index (Phi) is 8.78. The summed E-state index contributed by atoms with van der Waals surface area (Å²) < 4.78 is 0. The van der Waals surface area contributed by atoms with E-state index < -0.39 is 12.1 Å². The second kappa shape index (κ2) is 11.3. The number of aliphatic hydroxyl groups is 1. The zero-order chi connectivity index (χ0) is 19.5. The molecule has 2 unspecified atom stereocenters. The van der Waals surface area contributed by atoms with E-state index in [-0.39, 0.29) is 18.4 Å². The molecule has 27 heavy (non-hydrogen) atoms. The number of hydrogen-bond acceptors (Lipinski definition) is 3. The minimum Gasteiger partial charge on any atom is -0.481 e. The highest BCUT2D eigenvalue weighted by molar-refractivity contribution is 5.77. The molecular weight excluding hydrogens is 342 g/mol. The number of benzene rings is 1. The first kappa shape index (κ1) is 20.9. The fraction of sp³-hybridized carbons (Fsp3) is 0.455. The lowest BCUT2D eigenvalue weighted by atomic mass is 9.99. The molecule has 1 aliphatic heterocycles. The highest BCUT2D eigenvalue weighted by Gasteiger charge is 2.25. The Bertz CT molecular complexity index is 654. The highest BCUT2D eigenvalue weighted by atomic mass is 16.4. The molecule has 0 bridgehead atoms. The van der Waals surface area contributed by atoms with E-state index >= 15 is 0 Å². The van der Waals surface area contributed by atoms with E-state index in [4.69, 9.17) is 5.11 Å². The van der Waals surface area contributed by atoms with Crippen LogP contribution < -0.4 is 0 Å². The zero-order valence-corrected chi connectivity index (χ0v) is 15.7. The molecule has 1 aromatic carbocycles. The van der Waals surface area contributed by atoms with Crippen LogP contribution in [0, 0.1) is 0 Å². The normalized spacial score (nSPS) is 19.1. The maximum atomic E-state index is 12.3. The van der Waals surface area contributed by atoms with Crippen molar-refractivity contribution in [2.24, 2.45) is 0 Å². The monoisotopic (exact) mass is 371 g/mol. The summed E-state index contributed by atoms with van der Waals surface area (Å²) in [7, 11) is 0. The second-order valence-corrected chi connectivity index (χ2v) is 6.91. The summed E-state index contributed by atoms with van der Waals surface area (Å²) in [6, 6.07) is 9.84. The van der Waals surface area contributed by atoms with Gasteiger partial charge in [0.25, 0.3) is 0 Å². The van der Waals surface area contributed by atoms with E-state index in [9.17, 15) is 14.7 Å². The number of unbranched alkanes of at least 4 members (excludes halogenated alkanes) is 1. The number of carbonyl (C=O) groups excluding carboxylic acids is 1. The summed E-state index contributed by atoms with van der Waals surface area (Å²) in [5, 5.41) is 18.9. The van der Waals surface area contributed by atoms with Gasteiger partial charge in [-0.1, -0.05) is 54.6 Å². The molecule has 0 aromatic heterocycles. The maximum Gasteiger partial charge on any atom is 0.303 e. The molecule has 1 aliphatic rings. The van der Waals surface area contributed by atoms with Crippen LogP contribution in [0.1, 0.15) is 44.1 Å². The van der Waals surface area contributed by atoms with Crippen molar-refractivity contribution < 1.29 is 19.8 Å². The molecule has 2 rings (SSSR count). The minimum absolute atomic E-state index is 0.000318. The zero-order valence-electron chi connectivity index (χ0n) is 15.7. The van der Waals surface area contributed by atoms with Gasteiger partial charge in [-0.15, -0.1) is 0 Å². The third-order valence-corrected chi connectivity index (χ3v) is 4.68. The van der Waals surface area contributed by atoms with Gasteiger partial charge in [-0.25, -0.2) is 0 Å². The number of rotatable bonds is 10. The predicted molar refractivity (Wildman–Crippen MR) is 105 cm³/mol. The number of nitrogens with zero attached hydrogens (tertiary/aromatic N) is 1. The molecule has 2 atom stereocenters. The Morgan fingerprint density at radius 3 is 2.78 bits per heavy atom. The van der Waals surface area contributed by atoms with Gasteiger partial charge in [0.2, 0.25) is 5.91 Å². The lowest BCUT2D eigenvalue weighted by Crippen LogP contribution is -2.42. The lowest BCUT2D eigenvalue weighted by molar-refractivity contribution is -0.137. The van der Waals surface area contributed by atoms with Gasteiger partial charge in [-0.2, -0.15) is 0 Å². The van der Waals surface area contributed by atoms with Gasteiger partial charge in [0, 0.05) is 25.8 Å². The molecule has 0 aliphatic carbocycles. The Hall–Kier alpha value is -2.40. The number of carboxylic acid groups (broad SMARTS) is 1. The van der Waals surface area contributed by atoms with E-state index in [0.717, 1.165) is 18.4 Å². The molecule has 5 nitrogen and oxygen atoms in total. The van der Waals surface area contributed by atoms with Gasteiger partial charge in [0.15, 0.2) is 0 Å². The molecule has 1 fully saturated rings. The number of likely N-dealkylation sites (tertiary alicyclic amines) is 1. The van der Waals surface area contributed by atoms with E-state index in [2.05, 4.69) is 0 Å². The van der Waals surface area contributed by atoms with Gasteiger partial charge in [-0.05, 0) is 31.2 Å². The summed E-state index contributed by atoms with van der Waals surface area (Å²) >= 11 is 0. The second-order valence-electron chi connectivity index (χ2n) is 6.91. The number of carbonyl (C=O) groups is 2. The number of piperidine rings is 1. The number of amides is 1. The SMILES string of the molecule is O=C(O)CCC/C=C/CN1C(=O)CCCC1/C=C/C(O)Cc1ccccc1.